The molecule has 0 atom stereocenters. The van der Waals surface area contributed by atoms with Gasteiger partial charge in [0.1, 0.15) is 6.61 Å². The van der Waals surface area contributed by atoms with Gasteiger partial charge in [0.2, 0.25) is 0 Å². The Kier molecular flexibility index (Phi) is 8.40. The normalized spacial score (nSPS) is 12.7. The van der Waals surface area contributed by atoms with Crippen molar-refractivity contribution in [1.29, 1.82) is 0 Å². The van der Waals surface area contributed by atoms with Gasteiger partial charge in [-0.3, -0.25) is 0 Å². The molecule has 0 unspecified atom stereocenters. The highest BCUT2D eigenvalue weighted by molar-refractivity contribution is 5.90. The number of benzene rings is 1. The second-order valence-corrected chi connectivity index (χ2v) is 5.36. The van der Waals surface area contributed by atoms with Gasteiger partial charge in [0.15, 0.2) is 0 Å². The summed E-state index contributed by atoms with van der Waals surface area (Å²) in [5.41, 5.74) is 2.46. The van der Waals surface area contributed by atoms with E-state index in [1.54, 1.807) is 19.1 Å². The molecule has 0 spiro atoms. The summed E-state index contributed by atoms with van der Waals surface area (Å²) < 4.78 is 5.30. The van der Waals surface area contributed by atoms with Crippen molar-refractivity contribution >= 4 is 12.0 Å². The lowest BCUT2D eigenvalue weighted by Crippen LogP contribution is -2.20. The lowest BCUT2D eigenvalue weighted by molar-refractivity contribution is -0.139. The number of hydrogen-bond acceptors (Lipinski definition) is 3. The van der Waals surface area contributed by atoms with E-state index in [0.29, 0.717) is 18.7 Å². The molecular formula is C20H25NO2. The molecule has 3 heteroatoms. The quantitative estimate of drug-likeness (QED) is 0.415. The fourth-order valence-electron chi connectivity index (χ4n) is 1.77. The van der Waals surface area contributed by atoms with Crippen LogP contribution in [-0.2, 0) is 9.53 Å². The largest absolute Gasteiger partial charge is 0.461 e. The van der Waals surface area contributed by atoms with Gasteiger partial charge in [-0.25, -0.2) is 4.79 Å². The lowest BCUT2D eigenvalue weighted by atomic mass is 10.1. The number of likely N-dealkylation sites (N-methyl/N-ethyl adjacent to an activating group) is 1. The summed E-state index contributed by atoms with van der Waals surface area (Å²) in [6.45, 7) is 6.53. The fraction of sp³-hybridized carbons (Fsp3) is 0.250. The summed E-state index contributed by atoms with van der Waals surface area (Å²) in [5, 5.41) is 0. The van der Waals surface area contributed by atoms with Crippen LogP contribution in [0.3, 0.4) is 0 Å². The smallest absolute Gasteiger partial charge is 0.334 e. The van der Waals surface area contributed by atoms with E-state index in [9.17, 15) is 4.79 Å². The van der Waals surface area contributed by atoms with E-state index in [-0.39, 0.29) is 5.97 Å². The summed E-state index contributed by atoms with van der Waals surface area (Å²) in [5.74, 6) is -0.298. The summed E-state index contributed by atoms with van der Waals surface area (Å²) in [6.07, 6.45) is 9.23. The van der Waals surface area contributed by atoms with E-state index < -0.39 is 0 Å². The van der Waals surface area contributed by atoms with Crippen LogP contribution in [0.4, 0.5) is 0 Å². The molecule has 0 saturated carbocycles. The molecule has 3 nitrogen and oxygen atoms in total. The highest BCUT2D eigenvalue weighted by atomic mass is 16.5. The molecule has 0 aliphatic rings. The van der Waals surface area contributed by atoms with Gasteiger partial charge in [-0.2, -0.15) is 0 Å². The summed E-state index contributed by atoms with van der Waals surface area (Å²) in [7, 11) is 3.88. The van der Waals surface area contributed by atoms with E-state index in [4.69, 9.17) is 4.74 Å². The number of hydrogen-bond donors (Lipinski definition) is 0. The minimum absolute atomic E-state index is 0.298. The van der Waals surface area contributed by atoms with Gasteiger partial charge in [0, 0.05) is 12.1 Å². The second kappa shape index (κ2) is 10.4. The maximum Gasteiger partial charge on any atom is 0.334 e. The van der Waals surface area contributed by atoms with Crippen LogP contribution in [0, 0.1) is 0 Å². The Balaban J connectivity index is 2.89. The average molecular weight is 311 g/mol. The van der Waals surface area contributed by atoms with Gasteiger partial charge < -0.3 is 9.64 Å². The minimum Gasteiger partial charge on any atom is -0.461 e. The first-order chi connectivity index (χ1) is 11.0. The third-order valence-corrected chi connectivity index (χ3v) is 3.18. The van der Waals surface area contributed by atoms with E-state index in [2.05, 4.69) is 6.58 Å². The molecule has 0 amide bonds. The molecule has 0 heterocycles. The molecule has 0 N–H and O–H groups in total. The zero-order chi connectivity index (χ0) is 17.1. The van der Waals surface area contributed by atoms with E-state index in [1.165, 1.54) is 0 Å². The van der Waals surface area contributed by atoms with Crippen molar-refractivity contribution in [2.45, 2.75) is 6.92 Å². The summed E-state index contributed by atoms with van der Waals surface area (Å²) in [6, 6.07) is 9.95. The Morgan fingerprint density at radius 2 is 1.91 bits per heavy atom. The number of allylic oxidation sites excluding steroid dienone is 5. The first kappa shape index (κ1) is 18.7. The lowest BCUT2D eigenvalue weighted by Gasteiger charge is -2.11. The Morgan fingerprint density at radius 1 is 1.22 bits per heavy atom. The average Bonchev–Trinajstić information content (AvgIpc) is 2.55. The molecule has 0 aliphatic heterocycles. The number of ether oxygens (including phenoxy) is 1. The van der Waals surface area contributed by atoms with Crippen molar-refractivity contribution in [3.05, 3.63) is 77.9 Å². The van der Waals surface area contributed by atoms with Crippen LogP contribution in [0.1, 0.15) is 12.5 Å². The van der Waals surface area contributed by atoms with Crippen LogP contribution in [0.25, 0.3) is 6.08 Å². The van der Waals surface area contributed by atoms with Gasteiger partial charge >= 0.3 is 5.97 Å². The monoisotopic (exact) mass is 311 g/mol. The van der Waals surface area contributed by atoms with Gasteiger partial charge in [0.05, 0.1) is 0 Å². The van der Waals surface area contributed by atoms with Crippen molar-refractivity contribution in [2.24, 2.45) is 0 Å². The maximum absolute atomic E-state index is 12.1. The third-order valence-electron chi connectivity index (χ3n) is 3.18. The van der Waals surface area contributed by atoms with Crippen LogP contribution in [0.5, 0.6) is 0 Å². The molecule has 0 saturated heterocycles. The number of nitrogens with zero attached hydrogens (tertiary/aromatic N) is 1. The molecule has 23 heavy (non-hydrogen) atoms. The first-order valence-electron chi connectivity index (χ1n) is 7.59. The van der Waals surface area contributed by atoms with Crippen molar-refractivity contribution in [3.63, 3.8) is 0 Å². The predicted octanol–water partition coefficient (Wildman–Crippen LogP) is 3.86. The van der Waals surface area contributed by atoms with Crippen molar-refractivity contribution in [3.8, 4) is 0 Å². The van der Waals surface area contributed by atoms with Gasteiger partial charge in [-0.1, -0.05) is 67.3 Å². The summed E-state index contributed by atoms with van der Waals surface area (Å²) >= 11 is 0. The van der Waals surface area contributed by atoms with Crippen LogP contribution >= 0.6 is 0 Å². The Labute approximate surface area is 139 Å². The molecule has 122 valence electrons. The molecule has 0 radical (unpaired) electrons. The standard InChI is InChI=1S/C20H25NO2/c1-5-6-12-19(14-13-18-10-8-7-9-11-18)17(2)20(22)23-16-15-21(3)4/h5-14H,1,15-16H2,2-4H3. The van der Waals surface area contributed by atoms with Crippen molar-refractivity contribution < 1.29 is 9.53 Å². The zero-order valence-electron chi connectivity index (χ0n) is 14.2. The number of carbonyl (C=O) groups excluding carboxylic acids is 1. The minimum atomic E-state index is -0.298. The van der Waals surface area contributed by atoms with E-state index in [1.807, 2.05) is 67.6 Å². The van der Waals surface area contributed by atoms with E-state index in [0.717, 1.165) is 11.1 Å². The predicted molar refractivity (Wildman–Crippen MR) is 97.0 cm³/mol. The van der Waals surface area contributed by atoms with Crippen molar-refractivity contribution in [1.82, 2.24) is 4.90 Å². The molecule has 1 aromatic rings. The van der Waals surface area contributed by atoms with Crippen LogP contribution in [-0.4, -0.2) is 38.1 Å². The first-order valence-corrected chi connectivity index (χ1v) is 7.59. The molecule has 1 rings (SSSR count). The van der Waals surface area contributed by atoms with Crippen LogP contribution in [0.15, 0.2) is 72.4 Å². The molecule has 0 aromatic heterocycles. The Morgan fingerprint density at radius 3 is 2.52 bits per heavy atom. The Hall–Kier alpha value is -2.39. The number of rotatable bonds is 8. The second-order valence-electron chi connectivity index (χ2n) is 5.36. The van der Waals surface area contributed by atoms with Gasteiger partial charge in [0.25, 0.3) is 0 Å². The molecular weight excluding hydrogens is 286 g/mol. The van der Waals surface area contributed by atoms with Gasteiger partial charge in [-0.15, -0.1) is 0 Å². The van der Waals surface area contributed by atoms with Gasteiger partial charge in [-0.05, 0) is 32.2 Å². The van der Waals surface area contributed by atoms with Crippen LogP contribution < -0.4 is 0 Å². The Bertz CT molecular complexity index is 595. The zero-order valence-corrected chi connectivity index (χ0v) is 14.2. The van der Waals surface area contributed by atoms with Crippen molar-refractivity contribution in [2.75, 3.05) is 27.2 Å². The third kappa shape index (κ3) is 7.43. The number of carbonyl (C=O) groups is 1. The molecule has 0 aliphatic carbocycles. The van der Waals surface area contributed by atoms with Crippen LogP contribution in [0.2, 0.25) is 0 Å². The summed E-state index contributed by atoms with van der Waals surface area (Å²) in [4.78, 5) is 14.1. The molecule has 0 fully saturated rings. The maximum atomic E-state index is 12.1. The molecule has 1 aromatic carbocycles. The molecule has 0 bridgehead atoms. The highest BCUT2D eigenvalue weighted by Crippen LogP contribution is 2.13. The van der Waals surface area contributed by atoms with E-state index >= 15 is 0 Å². The number of esters is 1. The topological polar surface area (TPSA) is 29.5 Å². The highest BCUT2D eigenvalue weighted by Gasteiger charge is 2.09. The SMILES string of the molecule is C=CC=CC(C=Cc1ccccc1)=C(C)C(=O)OCCN(C)C. The fourth-order valence-corrected chi connectivity index (χ4v) is 1.77.